The Labute approximate surface area is 111 Å². The second-order valence-electron chi connectivity index (χ2n) is 5.01. The van der Waals surface area contributed by atoms with Crippen LogP contribution in [0.4, 0.5) is 5.95 Å². The summed E-state index contributed by atoms with van der Waals surface area (Å²) in [7, 11) is 0. The topological polar surface area (TPSA) is 73.8 Å². The van der Waals surface area contributed by atoms with Crippen molar-refractivity contribution < 1.29 is 4.79 Å². The molecule has 1 aromatic heterocycles. The van der Waals surface area contributed by atoms with Crippen LogP contribution >= 0.6 is 0 Å². The van der Waals surface area contributed by atoms with Crippen molar-refractivity contribution in [1.82, 2.24) is 14.8 Å². The van der Waals surface area contributed by atoms with Gasteiger partial charge in [0.15, 0.2) is 0 Å². The van der Waals surface area contributed by atoms with Crippen LogP contribution in [0.2, 0.25) is 0 Å². The molecule has 1 aliphatic rings. The van der Waals surface area contributed by atoms with E-state index in [1.165, 1.54) is 11.0 Å². The number of hydrogen-bond donors (Lipinski definition) is 1. The van der Waals surface area contributed by atoms with Gasteiger partial charge in [-0.2, -0.15) is 4.68 Å². The molecule has 19 heavy (non-hydrogen) atoms. The lowest BCUT2D eigenvalue weighted by atomic mass is 9.78. The standard InChI is InChI=1S/C14H16N4O/c15-13-16-10-18(17-13)12(19)14(8-4-5-9-14)11-6-2-1-3-7-11/h1-3,6-7,10H,4-5,8-9H2,(H2,15,17). The zero-order valence-electron chi connectivity index (χ0n) is 10.6. The van der Waals surface area contributed by atoms with Crippen molar-refractivity contribution in [3.05, 3.63) is 42.2 Å². The lowest BCUT2D eigenvalue weighted by Crippen LogP contribution is -2.37. The molecule has 0 unspecified atom stereocenters. The van der Waals surface area contributed by atoms with E-state index in [4.69, 9.17) is 5.73 Å². The molecule has 0 saturated heterocycles. The normalized spacial score (nSPS) is 17.5. The maximum absolute atomic E-state index is 12.8. The highest BCUT2D eigenvalue weighted by Crippen LogP contribution is 2.42. The highest BCUT2D eigenvalue weighted by molar-refractivity contribution is 5.90. The number of carbonyl (C=O) groups excluding carboxylic acids is 1. The number of nitrogens with two attached hydrogens (primary N) is 1. The maximum Gasteiger partial charge on any atom is 0.259 e. The highest BCUT2D eigenvalue weighted by atomic mass is 16.2. The van der Waals surface area contributed by atoms with E-state index in [2.05, 4.69) is 10.1 Å². The molecule has 1 aromatic carbocycles. The van der Waals surface area contributed by atoms with Crippen molar-refractivity contribution in [3.63, 3.8) is 0 Å². The zero-order valence-corrected chi connectivity index (χ0v) is 10.6. The van der Waals surface area contributed by atoms with Gasteiger partial charge >= 0.3 is 0 Å². The van der Waals surface area contributed by atoms with Crippen LogP contribution in [0.1, 0.15) is 36.0 Å². The van der Waals surface area contributed by atoms with Crippen LogP contribution in [-0.4, -0.2) is 20.7 Å². The first-order valence-electron chi connectivity index (χ1n) is 6.50. The molecule has 2 aromatic rings. The Morgan fingerprint density at radius 2 is 1.89 bits per heavy atom. The van der Waals surface area contributed by atoms with Gasteiger partial charge in [0.25, 0.3) is 5.91 Å². The van der Waals surface area contributed by atoms with E-state index in [1.54, 1.807) is 0 Å². The Bertz CT molecular complexity index is 585. The van der Waals surface area contributed by atoms with E-state index < -0.39 is 5.41 Å². The van der Waals surface area contributed by atoms with Gasteiger partial charge in [-0.05, 0) is 18.4 Å². The molecule has 0 bridgehead atoms. The molecule has 0 amide bonds. The summed E-state index contributed by atoms with van der Waals surface area (Å²) in [5.41, 5.74) is 6.09. The second kappa shape index (κ2) is 4.50. The first-order chi connectivity index (χ1) is 9.22. The number of carbonyl (C=O) groups is 1. The van der Waals surface area contributed by atoms with Crippen LogP contribution in [0.3, 0.4) is 0 Å². The van der Waals surface area contributed by atoms with E-state index in [0.717, 1.165) is 31.2 Å². The summed E-state index contributed by atoms with van der Waals surface area (Å²) in [4.78, 5) is 16.6. The first-order valence-corrected chi connectivity index (χ1v) is 6.50. The monoisotopic (exact) mass is 256 g/mol. The number of hydrogen-bond acceptors (Lipinski definition) is 4. The second-order valence-corrected chi connectivity index (χ2v) is 5.01. The lowest BCUT2D eigenvalue weighted by Gasteiger charge is -2.27. The smallest absolute Gasteiger partial charge is 0.259 e. The maximum atomic E-state index is 12.8. The third kappa shape index (κ3) is 1.91. The van der Waals surface area contributed by atoms with Crippen LogP contribution in [0, 0.1) is 0 Å². The van der Waals surface area contributed by atoms with Crippen LogP contribution in [0.15, 0.2) is 36.7 Å². The summed E-state index contributed by atoms with van der Waals surface area (Å²) in [6.07, 6.45) is 5.24. The minimum absolute atomic E-state index is 0.0274. The average molecular weight is 256 g/mol. The molecule has 0 atom stereocenters. The Balaban J connectivity index is 2.04. The fourth-order valence-electron chi connectivity index (χ4n) is 2.95. The predicted octanol–water partition coefficient (Wildman–Crippen LogP) is 2.01. The number of benzene rings is 1. The largest absolute Gasteiger partial charge is 0.366 e. The molecule has 1 saturated carbocycles. The van der Waals surface area contributed by atoms with Gasteiger partial charge in [0.2, 0.25) is 5.95 Å². The summed E-state index contributed by atoms with van der Waals surface area (Å²) in [6.45, 7) is 0. The van der Waals surface area contributed by atoms with E-state index >= 15 is 0 Å². The van der Waals surface area contributed by atoms with Crippen LogP contribution < -0.4 is 5.73 Å². The van der Waals surface area contributed by atoms with Gasteiger partial charge in [-0.3, -0.25) is 4.79 Å². The predicted molar refractivity (Wildman–Crippen MR) is 71.6 cm³/mol. The van der Waals surface area contributed by atoms with E-state index in [0.29, 0.717) is 0 Å². The number of nitrogen functional groups attached to an aromatic ring is 1. The summed E-state index contributed by atoms with van der Waals surface area (Å²) in [5, 5.41) is 3.96. The number of anilines is 1. The first kappa shape index (κ1) is 11.9. The van der Waals surface area contributed by atoms with Crippen molar-refractivity contribution in [2.75, 3.05) is 5.73 Å². The van der Waals surface area contributed by atoms with Crippen molar-refractivity contribution in [3.8, 4) is 0 Å². The van der Waals surface area contributed by atoms with Crippen molar-refractivity contribution >= 4 is 11.9 Å². The van der Waals surface area contributed by atoms with Crippen molar-refractivity contribution in [2.24, 2.45) is 0 Å². The van der Waals surface area contributed by atoms with E-state index in [9.17, 15) is 4.79 Å². The van der Waals surface area contributed by atoms with Gasteiger partial charge in [-0.25, -0.2) is 4.98 Å². The average Bonchev–Trinajstić information content (AvgIpc) is 3.08. The molecule has 5 heteroatoms. The molecule has 1 aliphatic carbocycles. The molecule has 3 rings (SSSR count). The number of aromatic nitrogens is 3. The molecule has 0 aliphatic heterocycles. The molecule has 5 nitrogen and oxygen atoms in total. The highest BCUT2D eigenvalue weighted by Gasteiger charge is 2.43. The third-order valence-electron chi connectivity index (χ3n) is 3.91. The number of nitrogens with zero attached hydrogens (tertiary/aromatic N) is 3. The molecule has 98 valence electrons. The lowest BCUT2D eigenvalue weighted by molar-refractivity contribution is 0.0779. The molecular weight excluding hydrogens is 240 g/mol. The van der Waals surface area contributed by atoms with Crippen molar-refractivity contribution in [2.45, 2.75) is 31.1 Å². The summed E-state index contributed by atoms with van der Waals surface area (Å²) < 4.78 is 1.29. The van der Waals surface area contributed by atoms with E-state index in [-0.39, 0.29) is 11.9 Å². The minimum atomic E-state index is -0.471. The summed E-state index contributed by atoms with van der Waals surface area (Å²) in [6, 6.07) is 9.94. The van der Waals surface area contributed by atoms with Crippen LogP contribution in [0.5, 0.6) is 0 Å². The van der Waals surface area contributed by atoms with Gasteiger partial charge in [0.1, 0.15) is 6.33 Å². The molecule has 0 spiro atoms. The quantitative estimate of drug-likeness (QED) is 0.892. The Morgan fingerprint density at radius 1 is 1.21 bits per heavy atom. The fraction of sp³-hybridized carbons (Fsp3) is 0.357. The molecule has 1 heterocycles. The Morgan fingerprint density at radius 3 is 2.47 bits per heavy atom. The van der Waals surface area contributed by atoms with Gasteiger partial charge in [-0.15, -0.1) is 5.10 Å². The van der Waals surface area contributed by atoms with Crippen LogP contribution in [-0.2, 0) is 5.41 Å². The van der Waals surface area contributed by atoms with Gasteiger partial charge in [0, 0.05) is 0 Å². The minimum Gasteiger partial charge on any atom is -0.366 e. The molecular formula is C14H16N4O. The van der Waals surface area contributed by atoms with E-state index in [1.807, 2.05) is 30.3 Å². The molecule has 2 N–H and O–H groups in total. The summed E-state index contributed by atoms with van der Waals surface area (Å²) >= 11 is 0. The van der Waals surface area contributed by atoms with Gasteiger partial charge in [-0.1, -0.05) is 43.2 Å². The molecule has 0 radical (unpaired) electrons. The van der Waals surface area contributed by atoms with Gasteiger partial charge < -0.3 is 5.73 Å². The Kier molecular flexibility index (Phi) is 2.81. The van der Waals surface area contributed by atoms with Crippen molar-refractivity contribution in [1.29, 1.82) is 0 Å². The van der Waals surface area contributed by atoms with Gasteiger partial charge in [0.05, 0.1) is 5.41 Å². The number of rotatable bonds is 2. The SMILES string of the molecule is Nc1ncn(C(=O)C2(c3ccccc3)CCCC2)n1. The Hall–Kier alpha value is -2.17. The molecule has 1 fully saturated rings. The third-order valence-corrected chi connectivity index (χ3v) is 3.91. The van der Waals surface area contributed by atoms with Crippen LogP contribution in [0.25, 0.3) is 0 Å². The summed E-state index contributed by atoms with van der Waals surface area (Å²) in [5.74, 6) is 0.106. The zero-order chi connectivity index (χ0) is 13.3. The fourth-order valence-corrected chi connectivity index (χ4v) is 2.95.